The van der Waals surface area contributed by atoms with E-state index in [-0.39, 0.29) is 5.41 Å². The average molecular weight is 322 g/mol. The number of aryl methyl sites for hydroxylation is 1. The summed E-state index contributed by atoms with van der Waals surface area (Å²) < 4.78 is 1.10. The first kappa shape index (κ1) is 13.1. The lowest BCUT2D eigenvalue weighted by atomic mass is 9.73. The molecule has 0 unspecified atom stereocenters. The molecule has 0 amide bonds. The van der Waals surface area contributed by atoms with E-state index in [1.807, 2.05) is 0 Å². The highest BCUT2D eigenvalue weighted by Crippen LogP contribution is 2.38. The first-order valence-corrected chi connectivity index (χ1v) is 7.80. The Hall–Kier alpha value is -0.870. The lowest BCUT2D eigenvalue weighted by molar-refractivity contribution is 0.288. The third-order valence-corrected chi connectivity index (χ3v) is 4.90. The molecule has 3 nitrogen and oxygen atoms in total. The maximum atomic E-state index is 6.09. The van der Waals surface area contributed by atoms with Crippen LogP contribution in [0.5, 0.6) is 0 Å². The van der Waals surface area contributed by atoms with Gasteiger partial charge in [0.2, 0.25) is 0 Å². The van der Waals surface area contributed by atoms with Crippen LogP contribution in [0.3, 0.4) is 0 Å². The number of hydrogen-bond donors (Lipinski definition) is 2. The Morgan fingerprint density at radius 2 is 2.05 bits per heavy atom. The van der Waals surface area contributed by atoms with Gasteiger partial charge in [0.05, 0.1) is 11.0 Å². The molecule has 0 radical (unpaired) electrons. The highest BCUT2D eigenvalue weighted by molar-refractivity contribution is 9.10. The molecule has 2 aromatic rings. The first-order chi connectivity index (χ1) is 9.14. The Morgan fingerprint density at radius 3 is 2.74 bits per heavy atom. The Kier molecular flexibility index (Phi) is 3.39. The first-order valence-electron chi connectivity index (χ1n) is 7.01. The van der Waals surface area contributed by atoms with E-state index < -0.39 is 0 Å². The van der Waals surface area contributed by atoms with Crippen molar-refractivity contribution in [2.45, 2.75) is 44.4 Å². The van der Waals surface area contributed by atoms with Crippen LogP contribution in [0.15, 0.2) is 16.6 Å². The van der Waals surface area contributed by atoms with E-state index >= 15 is 0 Å². The normalized spacial score (nSPS) is 18.9. The summed E-state index contributed by atoms with van der Waals surface area (Å²) in [5.74, 6) is 1.09. The smallest absolute Gasteiger partial charge is 0.114 e. The van der Waals surface area contributed by atoms with Gasteiger partial charge >= 0.3 is 0 Å². The van der Waals surface area contributed by atoms with Crippen molar-refractivity contribution in [2.24, 2.45) is 5.73 Å². The SMILES string of the molecule is Cc1cc(Br)cc2[nH]c(C3(CN)CCCCC3)nc12. The number of nitrogens with one attached hydrogen (secondary N) is 1. The zero-order valence-corrected chi connectivity index (χ0v) is 12.9. The monoisotopic (exact) mass is 321 g/mol. The summed E-state index contributed by atoms with van der Waals surface area (Å²) in [7, 11) is 0. The highest BCUT2D eigenvalue weighted by Gasteiger charge is 2.35. The number of aromatic nitrogens is 2. The number of rotatable bonds is 2. The third-order valence-electron chi connectivity index (χ3n) is 4.45. The number of aromatic amines is 1. The molecule has 1 aliphatic rings. The second-order valence-corrected chi connectivity index (χ2v) is 6.67. The van der Waals surface area contributed by atoms with Gasteiger partial charge in [0, 0.05) is 16.4 Å². The maximum Gasteiger partial charge on any atom is 0.114 e. The summed E-state index contributed by atoms with van der Waals surface area (Å²) in [6, 6.07) is 4.22. The summed E-state index contributed by atoms with van der Waals surface area (Å²) in [5.41, 5.74) is 9.55. The number of hydrogen-bond acceptors (Lipinski definition) is 2. The van der Waals surface area contributed by atoms with Gasteiger partial charge in [-0.25, -0.2) is 4.98 Å². The van der Waals surface area contributed by atoms with Gasteiger partial charge in [-0.05, 0) is 37.5 Å². The van der Waals surface area contributed by atoms with E-state index in [9.17, 15) is 0 Å². The van der Waals surface area contributed by atoms with Gasteiger partial charge in [0.15, 0.2) is 0 Å². The molecule has 1 fully saturated rings. The van der Waals surface area contributed by atoms with Crippen molar-refractivity contribution in [3.05, 3.63) is 28.0 Å². The van der Waals surface area contributed by atoms with Crippen LogP contribution in [-0.2, 0) is 5.41 Å². The number of H-pyrrole nitrogens is 1. The second kappa shape index (κ2) is 4.91. The number of nitrogens with zero attached hydrogens (tertiary/aromatic N) is 1. The van der Waals surface area contributed by atoms with Crippen LogP contribution < -0.4 is 5.73 Å². The molecule has 19 heavy (non-hydrogen) atoms. The number of nitrogens with two attached hydrogens (primary N) is 1. The Labute approximate surface area is 122 Å². The molecule has 0 atom stereocenters. The zero-order valence-electron chi connectivity index (χ0n) is 11.3. The zero-order chi connectivity index (χ0) is 13.5. The van der Waals surface area contributed by atoms with E-state index in [1.54, 1.807) is 0 Å². The molecule has 1 saturated carbocycles. The lowest BCUT2D eigenvalue weighted by Crippen LogP contribution is -2.38. The van der Waals surface area contributed by atoms with Crippen molar-refractivity contribution >= 4 is 27.0 Å². The predicted molar refractivity (Wildman–Crippen MR) is 82.3 cm³/mol. The van der Waals surface area contributed by atoms with Crippen molar-refractivity contribution in [2.75, 3.05) is 6.54 Å². The molecule has 3 N–H and O–H groups in total. The molecule has 4 heteroatoms. The average Bonchev–Trinajstić information content (AvgIpc) is 2.84. The fraction of sp³-hybridized carbons (Fsp3) is 0.533. The Balaban J connectivity index is 2.11. The molecular formula is C15H20BrN3. The molecule has 1 aromatic carbocycles. The predicted octanol–water partition coefficient (Wildman–Crippen LogP) is 3.79. The summed E-state index contributed by atoms with van der Waals surface area (Å²) in [6.45, 7) is 2.79. The molecule has 3 rings (SSSR count). The minimum Gasteiger partial charge on any atom is -0.341 e. The van der Waals surface area contributed by atoms with Crippen LogP contribution in [0.25, 0.3) is 11.0 Å². The van der Waals surface area contributed by atoms with E-state index in [0.29, 0.717) is 6.54 Å². The standard InChI is InChI=1S/C15H20BrN3/c1-10-7-11(16)8-12-13(10)19-14(18-12)15(9-17)5-3-2-4-6-15/h7-8H,2-6,9,17H2,1H3,(H,18,19). The number of imidazole rings is 1. The quantitative estimate of drug-likeness (QED) is 0.884. The topological polar surface area (TPSA) is 54.7 Å². The van der Waals surface area contributed by atoms with Crippen molar-refractivity contribution in [3.8, 4) is 0 Å². The van der Waals surface area contributed by atoms with Crippen LogP contribution in [-0.4, -0.2) is 16.5 Å². The van der Waals surface area contributed by atoms with Gasteiger partial charge in [0.1, 0.15) is 5.82 Å². The summed E-state index contributed by atoms with van der Waals surface area (Å²) in [4.78, 5) is 8.38. The Morgan fingerprint density at radius 1 is 1.32 bits per heavy atom. The van der Waals surface area contributed by atoms with Crippen LogP contribution in [0.1, 0.15) is 43.5 Å². The van der Waals surface area contributed by atoms with E-state index in [4.69, 9.17) is 10.7 Å². The molecule has 0 bridgehead atoms. The van der Waals surface area contributed by atoms with Gasteiger partial charge in [-0.2, -0.15) is 0 Å². The summed E-state index contributed by atoms with van der Waals surface area (Å²) in [6.07, 6.45) is 6.16. The number of benzene rings is 1. The molecule has 0 saturated heterocycles. The molecule has 1 aromatic heterocycles. The van der Waals surface area contributed by atoms with Crippen LogP contribution in [0.2, 0.25) is 0 Å². The van der Waals surface area contributed by atoms with E-state index in [2.05, 4.69) is 40.0 Å². The van der Waals surface area contributed by atoms with Crippen LogP contribution >= 0.6 is 15.9 Å². The molecular weight excluding hydrogens is 302 g/mol. The van der Waals surface area contributed by atoms with Gasteiger partial charge in [0.25, 0.3) is 0 Å². The molecule has 0 spiro atoms. The molecule has 0 aliphatic heterocycles. The van der Waals surface area contributed by atoms with Gasteiger partial charge in [-0.1, -0.05) is 35.2 Å². The Bertz CT molecular complexity index is 597. The fourth-order valence-corrected chi connectivity index (χ4v) is 3.84. The fourth-order valence-electron chi connectivity index (χ4n) is 3.26. The van der Waals surface area contributed by atoms with Crippen molar-refractivity contribution < 1.29 is 0 Å². The highest BCUT2D eigenvalue weighted by atomic mass is 79.9. The maximum absolute atomic E-state index is 6.09. The molecule has 102 valence electrons. The lowest BCUT2D eigenvalue weighted by Gasteiger charge is -2.34. The van der Waals surface area contributed by atoms with Gasteiger partial charge < -0.3 is 10.7 Å². The van der Waals surface area contributed by atoms with Crippen LogP contribution in [0, 0.1) is 6.92 Å². The minimum atomic E-state index is 0.0657. The summed E-state index contributed by atoms with van der Waals surface area (Å²) >= 11 is 3.55. The molecule has 1 heterocycles. The largest absolute Gasteiger partial charge is 0.341 e. The van der Waals surface area contributed by atoms with E-state index in [1.165, 1.54) is 24.8 Å². The number of fused-ring (bicyclic) bond motifs is 1. The van der Waals surface area contributed by atoms with Crippen molar-refractivity contribution in [3.63, 3.8) is 0 Å². The van der Waals surface area contributed by atoms with Gasteiger partial charge in [-0.3, -0.25) is 0 Å². The number of halogens is 1. The van der Waals surface area contributed by atoms with E-state index in [0.717, 1.165) is 34.2 Å². The summed E-state index contributed by atoms with van der Waals surface area (Å²) in [5, 5.41) is 0. The van der Waals surface area contributed by atoms with Crippen molar-refractivity contribution in [1.82, 2.24) is 9.97 Å². The van der Waals surface area contributed by atoms with Gasteiger partial charge in [-0.15, -0.1) is 0 Å². The third kappa shape index (κ3) is 2.21. The second-order valence-electron chi connectivity index (χ2n) is 5.75. The molecule has 1 aliphatic carbocycles. The minimum absolute atomic E-state index is 0.0657. The van der Waals surface area contributed by atoms with Crippen LogP contribution in [0.4, 0.5) is 0 Å². The van der Waals surface area contributed by atoms with Crippen molar-refractivity contribution in [1.29, 1.82) is 0 Å².